The summed E-state index contributed by atoms with van der Waals surface area (Å²) < 4.78 is 0. The van der Waals surface area contributed by atoms with Crippen LogP contribution in [0.25, 0.3) is 44.4 Å². The molecular formula is C32H34N18. The largest absolute Gasteiger partial charge is 0.345 e. The summed E-state index contributed by atoms with van der Waals surface area (Å²) >= 11 is 0. The van der Waals surface area contributed by atoms with E-state index in [0.717, 1.165) is 27.6 Å². The minimum atomic E-state index is 0. The fourth-order valence-corrected chi connectivity index (χ4v) is 3.47. The lowest BCUT2D eigenvalue weighted by Gasteiger charge is -1.81. The van der Waals surface area contributed by atoms with Crippen LogP contribution in [0.1, 0.15) is 14.9 Å². The molecule has 0 saturated heterocycles. The molecule has 4 N–H and O–H groups in total. The lowest BCUT2D eigenvalue weighted by Crippen LogP contribution is -1.76. The number of aromatic amines is 4. The minimum absolute atomic E-state index is 0. The van der Waals surface area contributed by atoms with Gasteiger partial charge in [0.05, 0.1) is 36.1 Å². The van der Waals surface area contributed by atoms with E-state index in [1.807, 2.05) is 48.5 Å². The van der Waals surface area contributed by atoms with Gasteiger partial charge in [0.2, 0.25) is 5.65 Å². The first-order valence-electron chi connectivity index (χ1n) is 14.0. The van der Waals surface area contributed by atoms with Gasteiger partial charge in [0.15, 0.2) is 5.65 Å². The van der Waals surface area contributed by atoms with Crippen molar-refractivity contribution in [3.8, 4) is 0 Å². The molecule has 0 fully saturated rings. The maximum atomic E-state index is 4.06. The summed E-state index contributed by atoms with van der Waals surface area (Å²) in [5.41, 5.74) is 6.83. The molecule has 8 heterocycles. The second-order valence-corrected chi connectivity index (χ2v) is 8.75. The Morgan fingerprint density at radius 1 is 0.380 bits per heavy atom. The summed E-state index contributed by atoms with van der Waals surface area (Å²) in [6.07, 6.45) is 20.9. The standard InChI is InChI=1S/C7H6N2.C6H5N3.C5H4N4.C4H3N5.2C4H4N2.2CH4/c1-2-4-7-6(3-1)8-5-9-7;1-2-4-6-5(3-1)7-9-8-6;1-4-5(8-2-6-1)9-3-7-4;1-3-4(6-2-5-1)8-9-7-3;1-2-6-4-3-5-1;1-2-5-4-6-3-1;;/h1-5H,(H,8,9);1-4H,(H,7,8,9);1-3H,(H,6,7,8,9);1-2H,(H,5,6,7,8,9);2*1-4H;2*1H4. The molecule has 0 aliphatic carbocycles. The second-order valence-electron chi connectivity index (χ2n) is 8.75. The normalized spacial score (nSPS) is 9.28. The summed E-state index contributed by atoms with van der Waals surface area (Å²) in [5.74, 6) is 0. The van der Waals surface area contributed by atoms with Crippen LogP contribution < -0.4 is 0 Å². The number of hydrogen-bond donors (Lipinski definition) is 4. The van der Waals surface area contributed by atoms with Gasteiger partial charge in [-0.25, -0.2) is 39.9 Å². The third kappa shape index (κ3) is 12.0. The molecule has 0 unspecified atom stereocenters. The zero-order valence-electron chi connectivity index (χ0n) is 25.0. The van der Waals surface area contributed by atoms with Gasteiger partial charge in [-0.05, 0) is 30.3 Å². The molecule has 18 heteroatoms. The highest BCUT2D eigenvalue weighted by Crippen LogP contribution is 2.05. The smallest absolute Gasteiger partial charge is 0.204 e. The van der Waals surface area contributed by atoms with Crippen LogP contribution >= 0.6 is 0 Å². The number of aromatic nitrogens is 18. The van der Waals surface area contributed by atoms with Gasteiger partial charge in [0, 0.05) is 37.2 Å². The number of hydrogen-bond acceptors (Lipinski definition) is 14. The highest BCUT2D eigenvalue weighted by atomic mass is 15.3. The first-order valence-corrected chi connectivity index (χ1v) is 14.0. The number of nitrogens with zero attached hydrogens (tertiary/aromatic N) is 14. The van der Waals surface area contributed by atoms with Crippen LogP contribution in [-0.2, 0) is 0 Å². The summed E-state index contributed by atoms with van der Waals surface area (Å²) in [6, 6.07) is 17.4. The lowest BCUT2D eigenvalue weighted by molar-refractivity contribution is 0.954. The molecule has 0 radical (unpaired) electrons. The van der Waals surface area contributed by atoms with Crippen LogP contribution in [0, 0.1) is 0 Å². The molecule has 0 spiro atoms. The average molecular weight is 671 g/mol. The first kappa shape index (κ1) is 37.0. The summed E-state index contributed by atoms with van der Waals surface area (Å²) in [5, 5.41) is 20.2. The number of rotatable bonds is 0. The minimum Gasteiger partial charge on any atom is -0.345 e. The lowest BCUT2D eigenvalue weighted by atomic mass is 10.3. The van der Waals surface area contributed by atoms with Gasteiger partial charge in [-0.1, -0.05) is 39.1 Å². The fraction of sp³-hybridized carbons (Fsp3) is 0.0625. The molecule has 0 bridgehead atoms. The van der Waals surface area contributed by atoms with Crippen LogP contribution in [0.5, 0.6) is 0 Å². The van der Waals surface area contributed by atoms with Crippen molar-refractivity contribution in [1.82, 2.24) is 90.6 Å². The third-order valence-corrected chi connectivity index (χ3v) is 5.60. The van der Waals surface area contributed by atoms with E-state index in [1.165, 1.54) is 19.0 Å². The molecule has 10 aromatic rings. The third-order valence-electron chi connectivity index (χ3n) is 5.60. The second kappa shape index (κ2) is 21.3. The van der Waals surface area contributed by atoms with Crippen LogP contribution in [0.4, 0.5) is 0 Å². The molecule has 2 aromatic carbocycles. The number of fused-ring (bicyclic) bond motifs is 4. The van der Waals surface area contributed by atoms with E-state index in [-0.39, 0.29) is 14.9 Å². The predicted octanol–water partition coefficient (Wildman–Crippen LogP) is 4.85. The van der Waals surface area contributed by atoms with Crippen LogP contribution in [0.2, 0.25) is 0 Å². The van der Waals surface area contributed by atoms with Crippen molar-refractivity contribution in [2.75, 3.05) is 0 Å². The predicted molar refractivity (Wildman–Crippen MR) is 189 cm³/mol. The van der Waals surface area contributed by atoms with Gasteiger partial charge >= 0.3 is 0 Å². The fourth-order valence-electron chi connectivity index (χ4n) is 3.47. The van der Waals surface area contributed by atoms with Gasteiger partial charge in [-0.15, -0.1) is 5.10 Å². The highest BCUT2D eigenvalue weighted by molar-refractivity contribution is 5.74. The zero-order chi connectivity index (χ0) is 32.9. The van der Waals surface area contributed by atoms with Crippen molar-refractivity contribution in [1.29, 1.82) is 0 Å². The Kier molecular flexibility index (Phi) is 15.8. The van der Waals surface area contributed by atoms with Crippen LogP contribution in [0.15, 0.2) is 136 Å². The van der Waals surface area contributed by atoms with Crippen molar-refractivity contribution in [3.63, 3.8) is 0 Å². The Balaban J connectivity index is 0.000000162. The van der Waals surface area contributed by atoms with Gasteiger partial charge in [0.1, 0.15) is 41.0 Å². The molecule has 252 valence electrons. The SMILES string of the molecule is C.C.c1ccc2[nH]cnc2c1.c1ccc2n[nH]nc2c1.c1cnccn1.c1cncnc1.c1ncc2[nH]cnc2n1.c1ncc2n[nH]nc2n1. The Hall–Kier alpha value is -7.50. The van der Waals surface area contributed by atoms with E-state index in [2.05, 4.69) is 90.6 Å². The van der Waals surface area contributed by atoms with Gasteiger partial charge < -0.3 is 9.97 Å². The molecule has 18 nitrogen and oxygen atoms in total. The quantitative estimate of drug-likeness (QED) is 0.169. The summed E-state index contributed by atoms with van der Waals surface area (Å²) in [7, 11) is 0. The van der Waals surface area contributed by atoms with Crippen molar-refractivity contribution in [2.24, 2.45) is 0 Å². The molecule has 10 rings (SSSR count). The molecule has 8 aromatic heterocycles. The number of H-pyrrole nitrogens is 4. The highest BCUT2D eigenvalue weighted by Gasteiger charge is 1.94. The van der Waals surface area contributed by atoms with E-state index in [0.29, 0.717) is 16.8 Å². The van der Waals surface area contributed by atoms with Crippen molar-refractivity contribution in [2.45, 2.75) is 14.9 Å². The maximum Gasteiger partial charge on any atom is 0.204 e. The molecule has 50 heavy (non-hydrogen) atoms. The zero-order valence-corrected chi connectivity index (χ0v) is 25.0. The van der Waals surface area contributed by atoms with Crippen molar-refractivity contribution < 1.29 is 0 Å². The van der Waals surface area contributed by atoms with E-state index >= 15 is 0 Å². The van der Waals surface area contributed by atoms with E-state index in [4.69, 9.17) is 0 Å². The monoisotopic (exact) mass is 670 g/mol. The number of nitrogens with one attached hydrogen (secondary N) is 4. The van der Waals surface area contributed by atoms with E-state index < -0.39 is 0 Å². The Labute approximate surface area is 285 Å². The van der Waals surface area contributed by atoms with Crippen LogP contribution in [-0.4, -0.2) is 90.6 Å². The summed E-state index contributed by atoms with van der Waals surface area (Å²) in [6.45, 7) is 0. The maximum absolute atomic E-state index is 4.06. The number of para-hydroxylation sites is 4. The molecule has 0 amide bonds. The molecule has 0 aliphatic rings. The topological polar surface area (TPSA) is 244 Å². The molecule has 0 atom stereocenters. The van der Waals surface area contributed by atoms with Crippen molar-refractivity contribution >= 4 is 44.4 Å². The van der Waals surface area contributed by atoms with Gasteiger partial charge in [-0.2, -0.15) is 25.7 Å². The van der Waals surface area contributed by atoms with E-state index in [9.17, 15) is 0 Å². The Morgan fingerprint density at radius 3 is 1.52 bits per heavy atom. The van der Waals surface area contributed by atoms with Crippen LogP contribution in [0.3, 0.4) is 0 Å². The number of benzene rings is 2. The Morgan fingerprint density at radius 2 is 0.940 bits per heavy atom. The number of imidazole rings is 2. The molecular weight excluding hydrogens is 636 g/mol. The molecule has 0 aliphatic heterocycles. The first-order chi connectivity index (χ1) is 23.9. The Bertz CT molecular complexity index is 1810. The van der Waals surface area contributed by atoms with Gasteiger partial charge in [0.25, 0.3) is 0 Å². The van der Waals surface area contributed by atoms with Crippen molar-refractivity contribution in [3.05, 3.63) is 136 Å². The summed E-state index contributed by atoms with van der Waals surface area (Å²) in [4.78, 5) is 43.9. The van der Waals surface area contributed by atoms with Gasteiger partial charge in [-0.3, -0.25) is 9.97 Å². The molecule has 0 saturated carbocycles. The average Bonchev–Trinajstić information content (AvgIpc) is 4.01. The van der Waals surface area contributed by atoms with E-state index in [1.54, 1.807) is 68.3 Å².